The Labute approximate surface area is 199 Å². The summed E-state index contributed by atoms with van der Waals surface area (Å²) in [5.41, 5.74) is 1.21. The molecule has 2 heterocycles. The Morgan fingerprint density at radius 1 is 1.15 bits per heavy atom. The molecule has 10 heteroatoms. The van der Waals surface area contributed by atoms with Crippen LogP contribution in [0.15, 0.2) is 47.4 Å². The summed E-state index contributed by atoms with van der Waals surface area (Å²) in [4.78, 5) is 16.9. The molecule has 1 amide bonds. The second-order valence-corrected chi connectivity index (χ2v) is 10.3. The third-order valence-electron chi connectivity index (χ3n) is 6.23. The second kappa shape index (κ2) is 10.8. The molecular formula is C24H30FN3O5S. The summed E-state index contributed by atoms with van der Waals surface area (Å²) < 4.78 is 52.0. The highest BCUT2D eigenvalue weighted by Crippen LogP contribution is 2.22. The molecule has 8 nitrogen and oxygen atoms in total. The Morgan fingerprint density at radius 2 is 1.88 bits per heavy atom. The average molecular weight is 492 g/mol. The van der Waals surface area contributed by atoms with E-state index >= 15 is 0 Å². The van der Waals surface area contributed by atoms with Gasteiger partial charge < -0.3 is 14.4 Å². The predicted molar refractivity (Wildman–Crippen MR) is 125 cm³/mol. The van der Waals surface area contributed by atoms with Gasteiger partial charge in [0.05, 0.1) is 18.1 Å². The average Bonchev–Trinajstić information content (AvgIpc) is 3.37. The zero-order valence-corrected chi connectivity index (χ0v) is 20.0. The summed E-state index contributed by atoms with van der Waals surface area (Å²) in [5.74, 6) is 0.191. The van der Waals surface area contributed by atoms with Gasteiger partial charge in [-0.1, -0.05) is 0 Å². The first-order valence-corrected chi connectivity index (χ1v) is 12.9. The van der Waals surface area contributed by atoms with Crippen molar-refractivity contribution in [2.45, 2.75) is 30.4 Å². The Bertz CT molecular complexity index is 1100. The van der Waals surface area contributed by atoms with Crippen LogP contribution in [0.2, 0.25) is 0 Å². The van der Waals surface area contributed by atoms with E-state index in [1.54, 1.807) is 30.2 Å². The molecule has 2 aromatic carbocycles. The standard InChI is InChI=1S/C24H30FN3O5S/c1-32-23-9-6-20(25)15-19(23)17-27-10-12-28(13-11-27)24(29)18-4-7-22(8-5-18)34(30,31)26-16-21-3-2-14-33-21/h4-9,15,21,26H,2-3,10-14,16-17H2,1H3/t21-/m1/s1. The molecule has 2 aromatic rings. The van der Waals surface area contributed by atoms with Crippen molar-refractivity contribution in [3.05, 3.63) is 59.4 Å². The van der Waals surface area contributed by atoms with Crippen LogP contribution in [0.5, 0.6) is 5.75 Å². The molecular weight excluding hydrogens is 461 g/mol. The van der Waals surface area contributed by atoms with Gasteiger partial charge in [0.15, 0.2) is 0 Å². The molecule has 0 radical (unpaired) electrons. The van der Waals surface area contributed by atoms with E-state index < -0.39 is 10.0 Å². The van der Waals surface area contributed by atoms with Gasteiger partial charge in [0.25, 0.3) is 5.91 Å². The topological polar surface area (TPSA) is 88.2 Å². The SMILES string of the molecule is COc1ccc(F)cc1CN1CCN(C(=O)c2ccc(S(=O)(=O)NC[C@H]3CCCO3)cc2)CC1. The van der Waals surface area contributed by atoms with Crippen LogP contribution >= 0.6 is 0 Å². The number of carbonyl (C=O) groups excluding carboxylic acids is 1. The fourth-order valence-corrected chi connectivity index (χ4v) is 5.34. The number of carbonyl (C=O) groups is 1. The highest BCUT2D eigenvalue weighted by molar-refractivity contribution is 7.89. The van der Waals surface area contributed by atoms with Crippen LogP contribution < -0.4 is 9.46 Å². The van der Waals surface area contributed by atoms with Crippen LogP contribution in [0, 0.1) is 5.82 Å². The van der Waals surface area contributed by atoms with Crippen LogP contribution in [0.3, 0.4) is 0 Å². The number of benzene rings is 2. The van der Waals surface area contributed by atoms with Crippen molar-refractivity contribution in [3.8, 4) is 5.75 Å². The molecule has 184 valence electrons. The minimum absolute atomic E-state index is 0.0868. The lowest BCUT2D eigenvalue weighted by Gasteiger charge is -2.35. The number of rotatable bonds is 8. The largest absolute Gasteiger partial charge is 0.496 e. The van der Waals surface area contributed by atoms with Crippen LogP contribution in [-0.2, 0) is 21.3 Å². The molecule has 2 aliphatic heterocycles. The fourth-order valence-electron chi connectivity index (χ4n) is 4.27. The van der Waals surface area contributed by atoms with Crippen molar-refractivity contribution in [1.29, 1.82) is 0 Å². The molecule has 2 fully saturated rings. The van der Waals surface area contributed by atoms with Gasteiger partial charge in [0, 0.05) is 57.0 Å². The summed E-state index contributed by atoms with van der Waals surface area (Å²) in [7, 11) is -2.10. The van der Waals surface area contributed by atoms with E-state index in [4.69, 9.17) is 9.47 Å². The molecule has 0 spiro atoms. The van der Waals surface area contributed by atoms with Crippen molar-refractivity contribution < 1.29 is 27.1 Å². The van der Waals surface area contributed by atoms with Gasteiger partial charge in [0.1, 0.15) is 11.6 Å². The minimum Gasteiger partial charge on any atom is -0.496 e. The number of nitrogens with one attached hydrogen (secondary N) is 1. The van der Waals surface area contributed by atoms with Crippen molar-refractivity contribution in [2.24, 2.45) is 0 Å². The van der Waals surface area contributed by atoms with Gasteiger partial charge in [-0.25, -0.2) is 17.5 Å². The molecule has 0 saturated carbocycles. The number of hydrogen-bond acceptors (Lipinski definition) is 6. The number of nitrogens with zero attached hydrogens (tertiary/aromatic N) is 2. The number of hydrogen-bond donors (Lipinski definition) is 1. The van der Waals surface area contributed by atoms with Crippen LogP contribution in [-0.4, -0.2) is 76.7 Å². The first kappa shape index (κ1) is 24.6. The lowest BCUT2D eigenvalue weighted by Crippen LogP contribution is -2.48. The molecule has 34 heavy (non-hydrogen) atoms. The highest BCUT2D eigenvalue weighted by atomic mass is 32.2. The molecule has 4 rings (SSSR count). The fraction of sp³-hybridized carbons (Fsp3) is 0.458. The van der Waals surface area contributed by atoms with E-state index in [1.165, 1.54) is 24.3 Å². The Balaban J connectivity index is 1.31. The summed E-state index contributed by atoms with van der Waals surface area (Å²) in [6, 6.07) is 10.5. The summed E-state index contributed by atoms with van der Waals surface area (Å²) in [6.45, 7) is 3.79. The minimum atomic E-state index is -3.66. The van der Waals surface area contributed by atoms with E-state index in [-0.39, 0.29) is 29.3 Å². The van der Waals surface area contributed by atoms with Gasteiger partial charge in [-0.15, -0.1) is 0 Å². The smallest absolute Gasteiger partial charge is 0.253 e. The third-order valence-corrected chi connectivity index (χ3v) is 7.67. The Morgan fingerprint density at radius 3 is 2.53 bits per heavy atom. The van der Waals surface area contributed by atoms with E-state index in [2.05, 4.69) is 9.62 Å². The molecule has 2 saturated heterocycles. The van der Waals surface area contributed by atoms with Crippen LogP contribution in [0.1, 0.15) is 28.8 Å². The molecule has 0 aromatic heterocycles. The van der Waals surface area contributed by atoms with E-state index in [1.807, 2.05) is 0 Å². The monoisotopic (exact) mass is 491 g/mol. The van der Waals surface area contributed by atoms with Crippen molar-refractivity contribution in [3.63, 3.8) is 0 Å². The van der Waals surface area contributed by atoms with E-state index in [9.17, 15) is 17.6 Å². The van der Waals surface area contributed by atoms with Gasteiger partial charge in [0.2, 0.25) is 10.0 Å². The second-order valence-electron chi connectivity index (χ2n) is 8.54. The van der Waals surface area contributed by atoms with Gasteiger partial charge >= 0.3 is 0 Å². The van der Waals surface area contributed by atoms with Crippen LogP contribution in [0.4, 0.5) is 4.39 Å². The number of amides is 1. The first-order chi connectivity index (χ1) is 16.4. The van der Waals surface area contributed by atoms with E-state index in [0.717, 1.165) is 18.4 Å². The Kier molecular flexibility index (Phi) is 7.82. The molecule has 0 bridgehead atoms. The van der Waals surface area contributed by atoms with Crippen molar-refractivity contribution in [1.82, 2.24) is 14.5 Å². The summed E-state index contributed by atoms with van der Waals surface area (Å²) >= 11 is 0. The molecule has 2 aliphatic rings. The summed E-state index contributed by atoms with van der Waals surface area (Å²) in [6.07, 6.45) is 1.70. The number of sulfonamides is 1. The Hall–Kier alpha value is -2.53. The number of halogens is 1. The van der Waals surface area contributed by atoms with Gasteiger partial charge in [-0.3, -0.25) is 9.69 Å². The number of methoxy groups -OCH3 is 1. The quantitative estimate of drug-likeness (QED) is 0.610. The molecule has 1 N–H and O–H groups in total. The van der Waals surface area contributed by atoms with Crippen LogP contribution in [0.25, 0.3) is 0 Å². The molecule has 0 aliphatic carbocycles. The van der Waals surface area contributed by atoms with E-state index in [0.29, 0.717) is 50.6 Å². The summed E-state index contributed by atoms with van der Waals surface area (Å²) in [5, 5.41) is 0. The maximum atomic E-state index is 13.6. The zero-order valence-electron chi connectivity index (χ0n) is 19.2. The maximum absolute atomic E-state index is 13.6. The molecule has 0 unspecified atom stereocenters. The number of ether oxygens (including phenoxy) is 2. The zero-order chi connectivity index (χ0) is 24.1. The lowest BCUT2D eigenvalue weighted by molar-refractivity contribution is 0.0627. The molecule has 1 atom stereocenters. The lowest BCUT2D eigenvalue weighted by atomic mass is 10.1. The first-order valence-electron chi connectivity index (χ1n) is 11.4. The number of piperazine rings is 1. The third kappa shape index (κ3) is 5.93. The van der Waals surface area contributed by atoms with Gasteiger partial charge in [-0.2, -0.15) is 0 Å². The van der Waals surface area contributed by atoms with Crippen molar-refractivity contribution in [2.75, 3.05) is 46.4 Å². The maximum Gasteiger partial charge on any atom is 0.253 e. The normalized spacial score (nSPS) is 19.4. The van der Waals surface area contributed by atoms with Gasteiger partial charge in [-0.05, 0) is 55.3 Å². The predicted octanol–water partition coefficient (Wildman–Crippen LogP) is 2.25. The highest BCUT2D eigenvalue weighted by Gasteiger charge is 2.24. The van der Waals surface area contributed by atoms with Crippen molar-refractivity contribution >= 4 is 15.9 Å².